The Hall–Kier alpha value is -3.16. The average molecular weight is 417 g/mol. The number of carbonyl (C=O) groups is 1. The minimum absolute atomic E-state index is 0.0973. The summed E-state index contributed by atoms with van der Waals surface area (Å²) in [7, 11) is 0. The molecule has 3 aromatic rings. The molecule has 0 radical (unpaired) electrons. The van der Waals surface area contributed by atoms with Gasteiger partial charge in [0.2, 0.25) is 5.91 Å². The number of rotatable bonds is 2. The fraction of sp³-hybridized carbons (Fsp3) is 0.273. The van der Waals surface area contributed by atoms with Crippen molar-refractivity contribution >= 4 is 22.5 Å². The van der Waals surface area contributed by atoms with Gasteiger partial charge in [-0.3, -0.25) is 9.78 Å². The van der Waals surface area contributed by atoms with Gasteiger partial charge in [0.05, 0.1) is 17.1 Å². The molecule has 2 aromatic carbocycles. The second-order valence-corrected chi connectivity index (χ2v) is 7.36. The molecule has 1 aliphatic rings. The summed E-state index contributed by atoms with van der Waals surface area (Å²) in [5.41, 5.74) is 1.67. The summed E-state index contributed by atoms with van der Waals surface area (Å²) in [4.78, 5) is 17.6. The fourth-order valence-corrected chi connectivity index (χ4v) is 3.83. The van der Waals surface area contributed by atoms with Crippen LogP contribution in [0.1, 0.15) is 36.1 Å². The van der Waals surface area contributed by atoms with Gasteiger partial charge < -0.3 is 10.2 Å². The summed E-state index contributed by atoms with van der Waals surface area (Å²) in [5, 5.41) is 3.93. The molecule has 156 valence electrons. The molecule has 0 saturated carbocycles. The van der Waals surface area contributed by atoms with E-state index in [2.05, 4.69) is 10.3 Å². The van der Waals surface area contributed by atoms with Gasteiger partial charge in [-0.25, -0.2) is 4.39 Å². The van der Waals surface area contributed by atoms with E-state index in [9.17, 15) is 22.4 Å². The summed E-state index contributed by atoms with van der Waals surface area (Å²) < 4.78 is 52.9. The zero-order chi connectivity index (χ0) is 21.5. The Kier molecular flexibility index (Phi) is 5.09. The van der Waals surface area contributed by atoms with Crippen LogP contribution in [0.2, 0.25) is 0 Å². The van der Waals surface area contributed by atoms with Gasteiger partial charge in [0.1, 0.15) is 5.82 Å². The van der Waals surface area contributed by atoms with Crippen molar-refractivity contribution < 1.29 is 22.4 Å². The van der Waals surface area contributed by atoms with Crippen molar-refractivity contribution in [3.05, 3.63) is 71.2 Å². The van der Waals surface area contributed by atoms with Crippen molar-refractivity contribution in [2.75, 3.05) is 11.9 Å². The van der Waals surface area contributed by atoms with Gasteiger partial charge in [0.25, 0.3) is 0 Å². The number of aromatic nitrogens is 1. The van der Waals surface area contributed by atoms with Crippen molar-refractivity contribution in [2.24, 2.45) is 0 Å². The zero-order valence-corrected chi connectivity index (χ0v) is 16.1. The third-order valence-electron chi connectivity index (χ3n) is 5.37. The second kappa shape index (κ2) is 7.59. The van der Waals surface area contributed by atoms with Crippen LogP contribution in [-0.2, 0) is 17.5 Å². The number of halogens is 4. The number of nitrogens with one attached hydrogen (secondary N) is 1. The lowest BCUT2D eigenvalue weighted by Gasteiger charge is -2.22. The number of fused-ring (bicyclic) bond motifs is 2. The maximum absolute atomic E-state index is 13.8. The number of amides is 1. The number of hydrogen-bond donors (Lipinski definition) is 1. The maximum atomic E-state index is 13.8. The molecule has 8 heteroatoms. The molecule has 0 fully saturated rings. The molecule has 1 unspecified atom stereocenters. The highest BCUT2D eigenvalue weighted by atomic mass is 19.4. The van der Waals surface area contributed by atoms with E-state index in [1.54, 1.807) is 17.0 Å². The van der Waals surface area contributed by atoms with E-state index >= 15 is 0 Å². The van der Waals surface area contributed by atoms with Crippen LogP contribution in [0.4, 0.5) is 23.2 Å². The normalized spacial score (nSPS) is 16.8. The molecule has 4 nitrogen and oxygen atoms in total. The van der Waals surface area contributed by atoms with E-state index < -0.39 is 11.7 Å². The molecule has 0 saturated heterocycles. The molecule has 1 aromatic heterocycles. The Morgan fingerprint density at radius 3 is 2.70 bits per heavy atom. The Labute approximate surface area is 170 Å². The highest BCUT2D eigenvalue weighted by molar-refractivity contribution is 5.91. The Bertz CT molecular complexity index is 1110. The first-order chi connectivity index (χ1) is 14.2. The van der Waals surface area contributed by atoms with Gasteiger partial charge in [0, 0.05) is 37.3 Å². The first-order valence-corrected chi connectivity index (χ1v) is 9.49. The molecule has 1 amide bonds. The van der Waals surface area contributed by atoms with Gasteiger partial charge >= 0.3 is 6.18 Å². The van der Waals surface area contributed by atoms with Crippen LogP contribution in [0.15, 0.2) is 48.7 Å². The Morgan fingerprint density at radius 2 is 1.97 bits per heavy atom. The fourth-order valence-electron chi connectivity index (χ4n) is 3.83. The summed E-state index contributed by atoms with van der Waals surface area (Å²) in [6.07, 6.45) is -2.42. The number of alkyl halides is 3. The predicted octanol–water partition coefficient (Wildman–Crippen LogP) is 5.30. The predicted molar refractivity (Wildman–Crippen MR) is 105 cm³/mol. The quantitative estimate of drug-likeness (QED) is 0.576. The van der Waals surface area contributed by atoms with Gasteiger partial charge in [-0.05, 0) is 47.9 Å². The van der Waals surface area contributed by atoms with Crippen molar-refractivity contribution in [1.82, 2.24) is 9.88 Å². The van der Waals surface area contributed by atoms with Crippen molar-refractivity contribution in [1.29, 1.82) is 0 Å². The van der Waals surface area contributed by atoms with E-state index in [1.807, 2.05) is 0 Å². The smallest absolute Gasteiger partial charge is 0.378 e. The topological polar surface area (TPSA) is 45.2 Å². The minimum Gasteiger partial charge on any atom is -0.378 e. The van der Waals surface area contributed by atoms with Gasteiger partial charge in [-0.1, -0.05) is 12.1 Å². The summed E-state index contributed by atoms with van der Waals surface area (Å²) in [6, 6.07) is 9.40. The molecule has 0 aliphatic carbocycles. The molecule has 30 heavy (non-hydrogen) atoms. The number of benzene rings is 2. The lowest BCUT2D eigenvalue weighted by atomic mass is 9.98. The Balaban J connectivity index is 1.72. The van der Waals surface area contributed by atoms with Crippen LogP contribution in [0, 0.1) is 5.82 Å². The van der Waals surface area contributed by atoms with E-state index in [4.69, 9.17) is 0 Å². The number of pyridine rings is 1. The molecule has 4 rings (SSSR count). The monoisotopic (exact) mass is 417 g/mol. The number of anilines is 1. The minimum atomic E-state index is -4.44. The van der Waals surface area contributed by atoms with Crippen LogP contribution in [0.5, 0.6) is 0 Å². The first kappa shape index (κ1) is 20.1. The molecule has 1 atom stereocenters. The highest BCUT2D eigenvalue weighted by Gasteiger charge is 2.31. The molecule has 2 heterocycles. The third kappa shape index (κ3) is 3.94. The molecule has 1 aliphatic heterocycles. The maximum Gasteiger partial charge on any atom is 0.416 e. The molecular formula is C22H19F4N3O. The molecule has 0 spiro atoms. The highest BCUT2D eigenvalue weighted by Crippen LogP contribution is 2.35. The van der Waals surface area contributed by atoms with Crippen molar-refractivity contribution in [3.63, 3.8) is 0 Å². The lowest BCUT2D eigenvalue weighted by Crippen LogP contribution is -2.28. The van der Waals surface area contributed by atoms with Gasteiger partial charge in [-0.15, -0.1) is 0 Å². The van der Waals surface area contributed by atoms with Crippen molar-refractivity contribution in [3.8, 4) is 0 Å². The summed E-state index contributed by atoms with van der Waals surface area (Å²) in [5.74, 6) is -0.480. The Morgan fingerprint density at radius 1 is 1.17 bits per heavy atom. The van der Waals surface area contributed by atoms with Crippen LogP contribution < -0.4 is 5.32 Å². The van der Waals surface area contributed by atoms with Crippen LogP contribution >= 0.6 is 0 Å². The van der Waals surface area contributed by atoms with Crippen LogP contribution in [-0.4, -0.2) is 22.3 Å². The zero-order valence-electron chi connectivity index (χ0n) is 16.1. The van der Waals surface area contributed by atoms with Gasteiger partial charge in [-0.2, -0.15) is 13.2 Å². The summed E-state index contributed by atoms with van der Waals surface area (Å²) >= 11 is 0. The first-order valence-electron chi connectivity index (χ1n) is 9.49. The standard InChI is InChI=1S/C22H19F4N3O/c1-13(30)29-9-7-20(17-5-3-16(23)10-14(17)12-29)28-19-6-8-27-21-11-15(22(24,25)26)2-4-18(19)21/h2-6,8,10-11,20H,7,9,12H2,1H3,(H,27,28). The summed E-state index contributed by atoms with van der Waals surface area (Å²) in [6.45, 7) is 2.26. The van der Waals surface area contributed by atoms with E-state index in [-0.39, 0.29) is 23.3 Å². The number of hydrogen-bond acceptors (Lipinski definition) is 3. The third-order valence-corrected chi connectivity index (χ3v) is 5.37. The largest absolute Gasteiger partial charge is 0.416 e. The number of nitrogens with zero attached hydrogens (tertiary/aromatic N) is 2. The van der Waals surface area contributed by atoms with Crippen molar-refractivity contribution in [2.45, 2.75) is 32.1 Å². The average Bonchev–Trinajstić information content (AvgIpc) is 2.86. The van der Waals surface area contributed by atoms with E-state index in [0.717, 1.165) is 17.7 Å². The second-order valence-electron chi connectivity index (χ2n) is 7.36. The van der Waals surface area contributed by atoms with Crippen LogP contribution in [0.25, 0.3) is 10.9 Å². The van der Waals surface area contributed by atoms with E-state index in [1.165, 1.54) is 31.3 Å². The van der Waals surface area contributed by atoms with Gasteiger partial charge in [0.15, 0.2) is 0 Å². The molecule has 1 N–H and O–H groups in total. The lowest BCUT2D eigenvalue weighted by molar-refractivity contribution is -0.137. The molecule has 0 bridgehead atoms. The number of carbonyl (C=O) groups excluding carboxylic acids is 1. The van der Waals surface area contributed by atoms with Crippen LogP contribution in [0.3, 0.4) is 0 Å². The van der Waals surface area contributed by atoms with E-state index in [0.29, 0.717) is 36.1 Å². The molecular weight excluding hydrogens is 398 g/mol. The SMILES string of the molecule is CC(=O)N1CCC(Nc2ccnc3cc(C(F)(F)F)ccc23)c2ccc(F)cc2C1.